The van der Waals surface area contributed by atoms with Crippen molar-refractivity contribution >= 4 is 11.6 Å². The molecular weight excluding hydrogens is 270 g/mol. The molecule has 0 aromatic heterocycles. The van der Waals surface area contributed by atoms with Crippen LogP contribution in [0.25, 0.3) is 0 Å². The van der Waals surface area contributed by atoms with Gasteiger partial charge < -0.3 is 10.0 Å². The summed E-state index contributed by atoms with van der Waals surface area (Å²) in [5, 5.41) is 12.1. The van der Waals surface area contributed by atoms with Crippen LogP contribution in [0.3, 0.4) is 0 Å². The van der Waals surface area contributed by atoms with Crippen molar-refractivity contribution in [1.29, 1.82) is 0 Å². The molecule has 0 amide bonds. The van der Waals surface area contributed by atoms with Crippen LogP contribution in [-0.4, -0.2) is 30.6 Å². The minimum Gasteiger partial charge on any atom is -0.385 e. The second-order valence-corrected chi connectivity index (χ2v) is 6.76. The number of rotatable bonds is 5. The van der Waals surface area contributed by atoms with Gasteiger partial charge in [-0.3, -0.25) is 0 Å². The Labute approximate surface area is 127 Å². The summed E-state index contributed by atoms with van der Waals surface area (Å²) in [4.78, 5) is 2.14. The third-order valence-electron chi connectivity index (χ3n) is 4.56. The predicted octanol–water partition coefficient (Wildman–Crippen LogP) is 4.06. The highest BCUT2D eigenvalue weighted by Crippen LogP contribution is 2.41. The van der Waals surface area contributed by atoms with Gasteiger partial charge in [0.15, 0.2) is 0 Å². The Hall–Kier alpha value is -0.570. The molecule has 0 heterocycles. The molecular formula is C17H26ClNO. The molecule has 3 heteroatoms. The lowest BCUT2D eigenvalue weighted by Gasteiger charge is -2.40. The highest BCUT2D eigenvalue weighted by Gasteiger charge is 2.38. The molecule has 1 aliphatic rings. The van der Waals surface area contributed by atoms with Crippen LogP contribution in [0.2, 0.25) is 5.02 Å². The average Bonchev–Trinajstić information content (AvgIpc) is 2.46. The Morgan fingerprint density at radius 3 is 2.30 bits per heavy atom. The zero-order chi connectivity index (χ0) is 14.6. The standard InChI is InChI=1S/C17H26ClNO/c1-19(2)13-12-17(20,14-6-4-3-5-7-14)15-8-10-16(18)11-9-15/h8-11,14,20H,3-7,12-13H2,1-2H3. The van der Waals surface area contributed by atoms with Gasteiger partial charge in [-0.1, -0.05) is 43.0 Å². The van der Waals surface area contributed by atoms with E-state index in [0.29, 0.717) is 5.92 Å². The zero-order valence-electron chi connectivity index (χ0n) is 12.6. The number of aliphatic hydroxyl groups is 1. The molecule has 1 aromatic rings. The van der Waals surface area contributed by atoms with Crippen LogP contribution in [0, 0.1) is 5.92 Å². The molecule has 1 aliphatic carbocycles. The molecule has 1 N–H and O–H groups in total. The maximum absolute atomic E-state index is 11.4. The van der Waals surface area contributed by atoms with Crippen LogP contribution in [-0.2, 0) is 5.60 Å². The van der Waals surface area contributed by atoms with Crippen molar-refractivity contribution in [2.24, 2.45) is 5.92 Å². The van der Waals surface area contributed by atoms with Gasteiger partial charge in [0.1, 0.15) is 0 Å². The molecule has 2 rings (SSSR count). The summed E-state index contributed by atoms with van der Waals surface area (Å²) in [5.74, 6) is 0.373. The fraction of sp³-hybridized carbons (Fsp3) is 0.647. The fourth-order valence-electron chi connectivity index (χ4n) is 3.30. The molecule has 0 aliphatic heterocycles. The smallest absolute Gasteiger partial charge is 0.0936 e. The van der Waals surface area contributed by atoms with Crippen molar-refractivity contribution in [3.8, 4) is 0 Å². The number of benzene rings is 1. The van der Waals surface area contributed by atoms with Gasteiger partial charge in [-0.05, 0) is 57.0 Å². The van der Waals surface area contributed by atoms with Gasteiger partial charge in [-0.2, -0.15) is 0 Å². The first kappa shape index (κ1) is 15.8. The lowest BCUT2D eigenvalue weighted by atomic mass is 9.71. The summed E-state index contributed by atoms with van der Waals surface area (Å²) >= 11 is 5.99. The van der Waals surface area contributed by atoms with Crippen molar-refractivity contribution in [3.63, 3.8) is 0 Å². The van der Waals surface area contributed by atoms with E-state index in [0.717, 1.165) is 36.4 Å². The van der Waals surface area contributed by atoms with Crippen molar-refractivity contribution in [1.82, 2.24) is 4.90 Å². The zero-order valence-corrected chi connectivity index (χ0v) is 13.4. The van der Waals surface area contributed by atoms with Crippen molar-refractivity contribution in [2.45, 2.75) is 44.1 Å². The summed E-state index contributed by atoms with van der Waals surface area (Å²) in [6.45, 7) is 0.898. The normalized spacial score (nSPS) is 20.1. The van der Waals surface area contributed by atoms with Crippen molar-refractivity contribution in [3.05, 3.63) is 34.9 Å². The van der Waals surface area contributed by atoms with E-state index >= 15 is 0 Å². The first-order valence-electron chi connectivity index (χ1n) is 7.65. The van der Waals surface area contributed by atoms with E-state index in [9.17, 15) is 5.11 Å². The van der Waals surface area contributed by atoms with Gasteiger partial charge >= 0.3 is 0 Å². The number of hydrogen-bond donors (Lipinski definition) is 1. The third-order valence-corrected chi connectivity index (χ3v) is 4.82. The molecule has 1 unspecified atom stereocenters. The van der Waals surface area contributed by atoms with Gasteiger partial charge in [0.25, 0.3) is 0 Å². The highest BCUT2D eigenvalue weighted by atomic mass is 35.5. The van der Waals surface area contributed by atoms with Crippen LogP contribution in [0.15, 0.2) is 24.3 Å². The summed E-state index contributed by atoms with van der Waals surface area (Å²) in [6, 6.07) is 7.76. The monoisotopic (exact) mass is 295 g/mol. The summed E-state index contributed by atoms with van der Waals surface area (Å²) in [7, 11) is 4.12. The Morgan fingerprint density at radius 2 is 1.75 bits per heavy atom. The average molecular weight is 296 g/mol. The maximum Gasteiger partial charge on any atom is 0.0936 e. The van der Waals surface area contributed by atoms with Crippen molar-refractivity contribution < 1.29 is 5.11 Å². The summed E-state index contributed by atoms with van der Waals surface area (Å²) < 4.78 is 0. The Kier molecular flexibility index (Phi) is 5.48. The van der Waals surface area contributed by atoms with Crippen LogP contribution < -0.4 is 0 Å². The number of nitrogens with zero attached hydrogens (tertiary/aromatic N) is 1. The largest absolute Gasteiger partial charge is 0.385 e. The van der Waals surface area contributed by atoms with Crippen LogP contribution in [0.5, 0.6) is 0 Å². The van der Waals surface area contributed by atoms with Crippen LogP contribution >= 0.6 is 11.6 Å². The Balaban J connectivity index is 2.24. The molecule has 112 valence electrons. The molecule has 0 spiro atoms. The minimum atomic E-state index is -0.713. The quantitative estimate of drug-likeness (QED) is 0.885. The number of halogens is 1. The van der Waals surface area contributed by atoms with E-state index in [1.807, 2.05) is 24.3 Å². The summed E-state index contributed by atoms with van der Waals surface area (Å²) in [6.07, 6.45) is 6.83. The van der Waals surface area contributed by atoms with Gasteiger partial charge in [0.2, 0.25) is 0 Å². The van der Waals surface area contributed by atoms with Crippen molar-refractivity contribution in [2.75, 3.05) is 20.6 Å². The lowest BCUT2D eigenvalue weighted by molar-refractivity contribution is -0.0499. The molecule has 1 aromatic carbocycles. The van der Waals surface area contributed by atoms with E-state index in [1.165, 1.54) is 19.3 Å². The Bertz CT molecular complexity index is 412. The van der Waals surface area contributed by atoms with Gasteiger partial charge in [-0.25, -0.2) is 0 Å². The first-order valence-corrected chi connectivity index (χ1v) is 8.03. The summed E-state index contributed by atoms with van der Waals surface area (Å²) in [5.41, 5.74) is 0.311. The van der Waals surface area contributed by atoms with E-state index in [2.05, 4.69) is 19.0 Å². The van der Waals surface area contributed by atoms with E-state index in [1.54, 1.807) is 0 Å². The Morgan fingerprint density at radius 1 is 1.15 bits per heavy atom. The molecule has 1 atom stereocenters. The molecule has 2 nitrogen and oxygen atoms in total. The first-order chi connectivity index (χ1) is 9.52. The molecule has 0 saturated heterocycles. The second-order valence-electron chi connectivity index (χ2n) is 6.32. The molecule has 1 saturated carbocycles. The van der Waals surface area contributed by atoms with Crippen LogP contribution in [0.1, 0.15) is 44.1 Å². The van der Waals surface area contributed by atoms with Gasteiger partial charge in [0, 0.05) is 11.6 Å². The topological polar surface area (TPSA) is 23.5 Å². The molecule has 20 heavy (non-hydrogen) atoms. The highest BCUT2D eigenvalue weighted by molar-refractivity contribution is 6.30. The molecule has 0 bridgehead atoms. The van der Waals surface area contributed by atoms with Gasteiger partial charge in [0.05, 0.1) is 5.60 Å². The van der Waals surface area contributed by atoms with Crippen LogP contribution in [0.4, 0.5) is 0 Å². The SMILES string of the molecule is CN(C)CCC(O)(c1ccc(Cl)cc1)C1CCCCC1. The number of hydrogen-bond acceptors (Lipinski definition) is 2. The predicted molar refractivity (Wildman–Crippen MR) is 85.1 cm³/mol. The molecule has 1 fully saturated rings. The lowest BCUT2D eigenvalue weighted by Crippen LogP contribution is -2.39. The minimum absolute atomic E-state index is 0.373. The van der Waals surface area contributed by atoms with E-state index < -0.39 is 5.60 Å². The van der Waals surface area contributed by atoms with E-state index in [4.69, 9.17) is 11.6 Å². The maximum atomic E-state index is 11.4. The molecule has 0 radical (unpaired) electrons. The van der Waals surface area contributed by atoms with Gasteiger partial charge in [-0.15, -0.1) is 0 Å². The third kappa shape index (κ3) is 3.75. The van der Waals surface area contributed by atoms with E-state index in [-0.39, 0.29) is 0 Å². The fourth-order valence-corrected chi connectivity index (χ4v) is 3.42. The second kappa shape index (κ2) is 6.93.